The Balaban J connectivity index is 2.19. The second-order valence-electron chi connectivity index (χ2n) is 4.98. The van der Waals surface area contributed by atoms with Gasteiger partial charge in [0.15, 0.2) is 0 Å². The van der Waals surface area contributed by atoms with Gasteiger partial charge in [0.2, 0.25) is 5.95 Å². The summed E-state index contributed by atoms with van der Waals surface area (Å²) in [7, 11) is 1.75. The summed E-state index contributed by atoms with van der Waals surface area (Å²) < 4.78 is 7.50. The van der Waals surface area contributed by atoms with Crippen molar-refractivity contribution >= 4 is 5.95 Å². The molecule has 0 bridgehead atoms. The molecule has 0 aromatic carbocycles. The van der Waals surface area contributed by atoms with E-state index in [0.29, 0.717) is 6.04 Å². The zero-order valence-electron chi connectivity index (χ0n) is 11.6. The van der Waals surface area contributed by atoms with Crippen LogP contribution in [0.3, 0.4) is 0 Å². The molecular weight excluding hydrogens is 228 g/mol. The lowest BCUT2D eigenvalue weighted by Gasteiger charge is -2.24. The van der Waals surface area contributed by atoms with Gasteiger partial charge in [0.05, 0.1) is 18.3 Å². The van der Waals surface area contributed by atoms with E-state index in [1.165, 1.54) is 6.42 Å². The quantitative estimate of drug-likeness (QED) is 0.874. The second kappa shape index (κ2) is 6.20. The van der Waals surface area contributed by atoms with Crippen LogP contribution in [0, 0.1) is 6.92 Å². The number of hydrogen-bond donors (Lipinski definition) is 1. The molecule has 1 N–H and O–H groups in total. The third-order valence-electron chi connectivity index (χ3n) is 3.34. The highest BCUT2D eigenvalue weighted by Gasteiger charge is 2.18. The number of rotatable bonds is 4. The van der Waals surface area contributed by atoms with Crippen molar-refractivity contribution in [1.82, 2.24) is 14.9 Å². The summed E-state index contributed by atoms with van der Waals surface area (Å²) in [5.74, 6) is 1.08. The first-order valence-corrected chi connectivity index (χ1v) is 6.72. The molecule has 1 aliphatic heterocycles. The molecule has 2 heterocycles. The molecule has 2 rings (SSSR count). The minimum Gasteiger partial charge on any atom is -0.383 e. The predicted molar refractivity (Wildman–Crippen MR) is 73.3 cm³/mol. The number of nitrogens with zero attached hydrogens (tertiary/aromatic N) is 3. The Morgan fingerprint density at radius 1 is 1.44 bits per heavy atom. The van der Waals surface area contributed by atoms with Crippen LogP contribution < -0.4 is 10.2 Å². The smallest absolute Gasteiger partial charge is 0.206 e. The molecule has 1 aromatic rings. The van der Waals surface area contributed by atoms with E-state index < -0.39 is 0 Å². The molecule has 1 unspecified atom stereocenters. The van der Waals surface area contributed by atoms with Crippen LogP contribution in [0.4, 0.5) is 5.95 Å². The highest BCUT2D eigenvalue weighted by molar-refractivity contribution is 5.34. The summed E-state index contributed by atoms with van der Waals surface area (Å²) in [6, 6.07) is 0.322. The van der Waals surface area contributed by atoms with E-state index in [9.17, 15) is 0 Å². The third kappa shape index (κ3) is 3.03. The van der Waals surface area contributed by atoms with Crippen molar-refractivity contribution in [3.05, 3.63) is 11.9 Å². The molecule has 0 amide bonds. The molecule has 1 saturated heterocycles. The number of aromatic nitrogens is 2. The molecule has 0 saturated carbocycles. The Hall–Kier alpha value is -1.07. The lowest BCUT2D eigenvalue weighted by molar-refractivity contribution is 0.162. The van der Waals surface area contributed by atoms with Crippen LogP contribution in [0.25, 0.3) is 0 Å². The number of anilines is 1. The van der Waals surface area contributed by atoms with Gasteiger partial charge in [-0.05, 0) is 26.8 Å². The zero-order chi connectivity index (χ0) is 13.0. The Morgan fingerprint density at radius 2 is 2.28 bits per heavy atom. The predicted octanol–water partition coefficient (Wildman–Crippen LogP) is 1.20. The van der Waals surface area contributed by atoms with E-state index in [2.05, 4.69) is 39.8 Å². The molecule has 5 nitrogen and oxygen atoms in total. The van der Waals surface area contributed by atoms with Crippen LogP contribution in [0.5, 0.6) is 0 Å². The molecule has 1 atom stereocenters. The van der Waals surface area contributed by atoms with Gasteiger partial charge >= 0.3 is 0 Å². The van der Waals surface area contributed by atoms with Crippen LogP contribution in [0.1, 0.15) is 25.1 Å². The molecule has 1 fully saturated rings. The van der Waals surface area contributed by atoms with Gasteiger partial charge in [-0.25, -0.2) is 4.98 Å². The van der Waals surface area contributed by atoms with Gasteiger partial charge in [0, 0.05) is 32.9 Å². The topological polar surface area (TPSA) is 42.3 Å². The molecule has 0 radical (unpaired) electrons. The maximum absolute atomic E-state index is 5.25. The van der Waals surface area contributed by atoms with Gasteiger partial charge in [0.25, 0.3) is 0 Å². The number of nitrogens with one attached hydrogen (secondary N) is 1. The normalized spacial score (nSPS) is 18.7. The van der Waals surface area contributed by atoms with Crippen LogP contribution in [0.15, 0.2) is 6.20 Å². The fraction of sp³-hybridized carbons (Fsp3) is 0.769. The van der Waals surface area contributed by atoms with E-state index >= 15 is 0 Å². The lowest BCUT2D eigenvalue weighted by Crippen LogP contribution is -2.31. The van der Waals surface area contributed by atoms with E-state index in [0.717, 1.165) is 44.4 Å². The highest BCUT2D eigenvalue weighted by Crippen LogP contribution is 2.20. The highest BCUT2D eigenvalue weighted by atomic mass is 16.5. The number of methoxy groups -OCH3 is 1. The molecular formula is C13H24N4O. The SMILES string of the molecule is COCC(C)n1cc(C)nc1N1CCCNCC1. The Bertz CT molecular complexity index is 369. The first-order chi connectivity index (χ1) is 8.72. The molecule has 1 aromatic heterocycles. The van der Waals surface area contributed by atoms with Gasteiger partial charge in [0.1, 0.15) is 0 Å². The Morgan fingerprint density at radius 3 is 3.06 bits per heavy atom. The van der Waals surface area contributed by atoms with Gasteiger partial charge < -0.3 is 19.5 Å². The number of hydrogen-bond acceptors (Lipinski definition) is 4. The van der Waals surface area contributed by atoms with Crippen molar-refractivity contribution in [2.45, 2.75) is 26.3 Å². The van der Waals surface area contributed by atoms with Gasteiger partial charge in [-0.2, -0.15) is 0 Å². The fourth-order valence-electron chi connectivity index (χ4n) is 2.43. The van der Waals surface area contributed by atoms with E-state index in [1.54, 1.807) is 7.11 Å². The number of aryl methyl sites for hydroxylation is 1. The summed E-state index contributed by atoms with van der Waals surface area (Å²) in [6.45, 7) is 9.17. The minimum atomic E-state index is 0.322. The molecule has 5 heteroatoms. The average molecular weight is 252 g/mol. The van der Waals surface area contributed by atoms with Crippen LogP contribution >= 0.6 is 0 Å². The minimum absolute atomic E-state index is 0.322. The first kappa shape index (κ1) is 13.4. The third-order valence-corrected chi connectivity index (χ3v) is 3.34. The average Bonchev–Trinajstić information content (AvgIpc) is 2.58. The maximum Gasteiger partial charge on any atom is 0.206 e. The Labute approximate surface area is 109 Å². The van der Waals surface area contributed by atoms with Crippen LogP contribution in [-0.4, -0.2) is 49.4 Å². The van der Waals surface area contributed by atoms with E-state index in [-0.39, 0.29) is 0 Å². The Kier molecular flexibility index (Phi) is 4.60. The fourth-order valence-corrected chi connectivity index (χ4v) is 2.43. The van der Waals surface area contributed by atoms with Crippen LogP contribution in [-0.2, 0) is 4.74 Å². The second-order valence-corrected chi connectivity index (χ2v) is 4.98. The molecule has 0 spiro atoms. The molecule has 1 aliphatic rings. The number of ether oxygens (including phenoxy) is 1. The summed E-state index contributed by atoms with van der Waals surface area (Å²) in [5.41, 5.74) is 1.07. The van der Waals surface area contributed by atoms with E-state index in [4.69, 9.17) is 4.74 Å². The van der Waals surface area contributed by atoms with Crippen molar-refractivity contribution in [3.63, 3.8) is 0 Å². The lowest BCUT2D eigenvalue weighted by atomic mass is 10.3. The van der Waals surface area contributed by atoms with Gasteiger partial charge in [-0.1, -0.05) is 0 Å². The maximum atomic E-state index is 5.25. The summed E-state index contributed by atoms with van der Waals surface area (Å²) in [4.78, 5) is 7.06. The van der Waals surface area contributed by atoms with Crippen molar-refractivity contribution in [2.75, 3.05) is 44.8 Å². The van der Waals surface area contributed by atoms with Crippen LogP contribution in [0.2, 0.25) is 0 Å². The molecule has 0 aliphatic carbocycles. The molecule has 18 heavy (non-hydrogen) atoms. The van der Waals surface area contributed by atoms with Crippen molar-refractivity contribution < 1.29 is 4.74 Å². The number of imidazole rings is 1. The van der Waals surface area contributed by atoms with Gasteiger partial charge in [-0.3, -0.25) is 0 Å². The van der Waals surface area contributed by atoms with Crippen molar-refractivity contribution in [3.8, 4) is 0 Å². The standard InChI is InChI=1S/C13H24N4O/c1-11-9-17(12(2)10-18-3)13(15-11)16-7-4-5-14-6-8-16/h9,12,14H,4-8,10H2,1-3H3. The van der Waals surface area contributed by atoms with Crippen molar-refractivity contribution in [1.29, 1.82) is 0 Å². The summed E-state index contributed by atoms with van der Waals surface area (Å²) in [6.07, 6.45) is 3.29. The van der Waals surface area contributed by atoms with Crippen molar-refractivity contribution in [2.24, 2.45) is 0 Å². The summed E-state index contributed by atoms with van der Waals surface area (Å²) >= 11 is 0. The largest absolute Gasteiger partial charge is 0.383 e. The molecule has 102 valence electrons. The van der Waals surface area contributed by atoms with E-state index in [1.807, 2.05) is 0 Å². The monoisotopic (exact) mass is 252 g/mol. The van der Waals surface area contributed by atoms with Gasteiger partial charge in [-0.15, -0.1) is 0 Å². The first-order valence-electron chi connectivity index (χ1n) is 6.72. The zero-order valence-corrected chi connectivity index (χ0v) is 11.6. The summed E-state index contributed by atoms with van der Waals surface area (Å²) in [5, 5.41) is 3.42.